The van der Waals surface area contributed by atoms with Gasteiger partial charge in [-0.25, -0.2) is 4.39 Å². The lowest BCUT2D eigenvalue weighted by Crippen LogP contribution is -2.18. The van der Waals surface area contributed by atoms with E-state index >= 15 is 0 Å². The minimum Gasteiger partial charge on any atom is -0.397 e. The molecule has 1 atom stereocenters. The van der Waals surface area contributed by atoms with Crippen LogP contribution in [0.1, 0.15) is 6.42 Å². The number of nitrogens with two attached hydrogens (primary N) is 1. The molecule has 0 heterocycles. The lowest BCUT2D eigenvalue weighted by Gasteiger charge is -2.13. The van der Waals surface area contributed by atoms with Gasteiger partial charge in [0, 0.05) is 19.7 Å². The quantitative estimate of drug-likeness (QED) is 0.703. The number of ether oxygens (including phenoxy) is 1. The van der Waals surface area contributed by atoms with Gasteiger partial charge in [0.25, 0.3) is 0 Å². The van der Waals surface area contributed by atoms with Gasteiger partial charge in [-0.2, -0.15) is 0 Å². The van der Waals surface area contributed by atoms with Crippen molar-refractivity contribution in [2.75, 3.05) is 31.3 Å². The van der Waals surface area contributed by atoms with Crippen LogP contribution in [-0.4, -0.2) is 31.5 Å². The van der Waals surface area contributed by atoms with Crippen LogP contribution in [0.2, 0.25) is 0 Å². The van der Waals surface area contributed by atoms with E-state index in [1.807, 2.05) is 0 Å². The van der Waals surface area contributed by atoms with Gasteiger partial charge in [0.1, 0.15) is 5.82 Å². The van der Waals surface area contributed by atoms with Gasteiger partial charge in [-0.1, -0.05) is 0 Å². The molecular weight excluding hydrogens is 291 g/mol. The Hall–Kier alpha value is -0.850. The Bertz CT molecular complexity index is 377. The zero-order chi connectivity index (χ0) is 12.8. The fourth-order valence-corrected chi connectivity index (χ4v) is 1.71. The Morgan fingerprint density at radius 3 is 2.94 bits per heavy atom. The maximum Gasteiger partial charge on any atom is 0.139 e. The lowest BCUT2D eigenvalue weighted by molar-refractivity contribution is 0.0615. The van der Waals surface area contributed by atoms with Crippen molar-refractivity contribution in [2.45, 2.75) is 12.5 Å². The van der Waals surface area contributed by atoms with E-state index in [2.05, 4.69) is 21.2 Å². The van der Waals surface area contributed by atoms with Gasteiger partial charge >= 0.3 is 0 Å². The summed E-state index contributed by atoms with van der Waals surface area (Å²) in [5.74, 6) is -0.396. The number of methoxy groups -OCH3 is 1. The van der Waals surface area contributed by atoms with E-state index < -0.39 is 11.9 Å². The molecule has 0 aliphatic heterocycles. The Morgan fingerprint density at radius 2 is 2.29 bits per heavy atom. The minimum atomic E-state index is -0.516. The van der Waals surface area contributed by atoms with Crippen molar-refractivity contribution in [1.82, 2.24) is 0 Å². The van der Waals surface area contributed by atoms with Gasteiger partial charge in [-0.3, -0.25) is 0 Å². The van der Waals surface area contributed by atoms with Crippen molar-refractivity contribution in [1.29, 1.82) is 0 Å². The summed E-state index contributed by atoms with van der Waals surface area (Å²) in [7, 11) is 1.53. The molecule has 0 saturated heterocycles. The summed E-state index contributed by atoms with van der Waals surface area (Å²) >= 11 is 3.09. The predicted octanol–water partition coefficient (Wildman–Crippen LogP) is 1.98. The number of benzene rings is 1. The van der Waals surface area contributed by atoms with Gasteiger partial charge in [0.15, 0.2) is 0 Å². The molecule has 17 heavy (non-hydrogen) atoms. The molecule has 1 unspecified atom stereocenters. The first-order chi connectivity index (χ1) is 8.04. The summed E-state index contributed by atoms with van der Waals surface area (Å²) in [5.41, 5.74) is 6.64. The van der Waals surface area contributed by atoms with Crippen LogP contribution in [0.3, 0.4) is 0 Å². The Kier molecular flexibility index (Phi) is 5.67. The number of aliphatic hydroxyl groups is 1. The van der Waals surface area contributed by atoms with Crippen molar-refractivity contribution in [2.24, 2.45) is 0 Å². The average molecular weight is 307 g/mol. The van der Waals surface area contributed by atoms with E-state index in [0.29, 0.717) is 35.4 Å². The second-order valence-corrected chi connectivity index (χ2v) is 4.53. The SMILES string of the molecule is COCC(O)CCNc1cc(Br)c(F)cc1N. The highest BCUT2D eigenvalue weighted by atomic mass is 79.9. The molecule has 1 rings (SSSR count). The Morgan fingerprint density at radius 1 is 1.59 bits per heavy atom. The number of nitrogen functional groups attached to an aromatic ring is 1. The van der Waals surface area contributed by atoms with E-state index in [-0.39, 0.29) is 0 Å². The smallest absolute Gasteiger partial charge is 0.139 e. The minimum absolute atomic E-state index is 0.296. The summed E-state index contributed by atoms with van der Waals surface area (Å²) in [6, 6.07) is 2.82. The van der Waals surface area contributed by atoms with E-state index in [0.717, 1.165) is 0 Å². The molecule has 0 radical (unpaired) electrons. The first kappa shape index (κ1) is 14.2. The molecule has 0 aliphatic rings. The third-order valence-corrected chi connectivity index (χ3v) is 2.85. The number of hydrogen-bond donors (Lipinski definition) is 3. The van der Waals surface area contributed by atoms with E-state index in [9.17, 15) is 9.50 Å². The second kappa shape index (κ2) is 6.78. The van der Waals surface area contributed by atoms with Crippen molar-refractivity contribution in [3.63, 3.8) is 0 Å². The van der Waals surface area contributed by atoms with Crippen LogP contribution >= 0.6 is 15.9 Å². The maximum atomic E-state index is 13.1. The van der Waals surface area contributed by atoms with Gasteiger partial charge in [-0.15, -0.1) is 0 Å². The summed E-state index contributed by atoms with van der Waals surface area (Å²) in [6.45, 7) is 0.830. The topological polar surface area (TPSA) is 67.5 Å². The van der Waals surface area contributed by atoms with E-state index in [1.54, 1.807) is 6.07 Å². The molecule has 0 aromatic heterocycles. The predicted molar refractivity (Wildman–Crippen MR) is 69.5 cm³/mol. The maximum absolute atomic E-state index is 13.1. The van der Waals surface area contributed by atoms with Gasteiger partial charge in [0.2, 0.25) is 0 Å². The van der Waals surface area contributed by atoms with E-state index in [4.69, 9.17) is 10.5 Å². The van der Waals surface area contributed by atoms with Gasteiger partial charge < -0.3 is 20.9 Å². The number of aliphatic hydroxyl groups excluding tert-OH is 1. The monoisotopic (exact) mass is 306 g/mol. The fraction of sp³-hybridized carbons (Fsp3) is 0.455. The molecule has 1 aromatic rings. The summed E-state index contributed by atoms with van der Waals surface area (Å²) in [4.78, 5) is 0. The number of halogens is 2. The standard InChI is InChI=1S/C11H16BrFN2O2/c1-17-6-7(16)2-3-15-11-4-8(12)9(13)5-10(11)14/h4-5,7,15-16H,2-3,6,14H2,1H3. The van der Waals surface area contributed by atoms with Crippen LogP contribution in [0.4, 0.5) is 15.8 Å². The molecule has 1 aromatic carbocycles. The van der Waals surface area contributed by atoms with Crippen LogP contribution in [0.25, 0.3) is 0 Å². The molecule has 0 aliphatic carbocycles. The second-order valence-electron chi connectivity index (χ2n) is 3.68. The fourth-order valence-electron chi connectivity index (χ4n) is 1.36. The van der Waals surface area contributed by atoms with Crippen molar-refractivity contribution < 1.29 is 14.2 Å². The molecule has 0 saturated carbocycles. The molecule has 0 fully saturated rings. The summed E-state index contributed by atoms with van der Waals surface area (Å²) in [5, 5.41) is 12.5. The first-order valence-electron chi connectivity index (χ1n) is 5.20. The normalized spacial score (nSPS) is 12.5. The first-order valence-corrected chi connectivity index (χ1v) is 5.99. The Labute approximate surface area is 108 Å². The lowest BCUT2D eigenvalue weighted by atomic mass is 10.2. The van der Waals surface area contributed by atoms with Crippen LogP contribution in [0.15, 0.2) is 16.6 Å². The molecule has 96 valence electrons. The third kappa shape index (κ3) is 4.49. The molecule has 4 N–H and O–H groups in total. The van der Waals surface area contributed by atoms with Gasteiger partial charge in [0.05, 0.1) is 28.6 Å². The van der Waals surface area contributed by atoms with E-state index in [1.165, 1.54) is 13.2 Å². The van der Waals surface area contributed by atoms with Crippen LogP contribution in [0, 0.1) is 5.82 Å². The molecule has 0 spiro atoms. The zero-order valence-electron chi connectivity index (χ0n) is 9.54. The van der Waals surface area contributed by atoms with Crippen LogP contribution in [-0.2, 0) is 4.74 Å². The molecular formula is C11H16BrFN2O2. The molecule has 4 nitrogen and oxygen atoms in total. The molecule has 0 amide bonds. The highest BCUT2D eigenvalue weighted by molar-refractivity contribution is 9.10. The largest absolute Gasteiger partial charge is 0.397 e. The van der Waals surface area contributed by atoms with Crippen molar-refractivity contribution in [3.05, 3.63) is 22.4 Å². The van der Waals surface area contributed by atoms with Crippen LogP contribution in [0.5, 0.6) is 0 Å². The zero-order valence-corrected chi connectivity index (χ0v) is 11.1. The number of nitrogens with one attached hydrogen (secondary N) is 1. The number of rotatable bonds is 6. The summed E-state index contributed by atoms with van der Waals surface area (Å²) < 4.78 is 18.3. The van der Waals surface area contributed by atoms with Crippen molar-refractivity contribution >= 4 is 27.3 Å². The number of anilines is 2. The van der Waals surface area contributed by atoms with Gasteiger partial charge in [-0.05, 0) is 28.4 Å². The number of hydrogen-bond acceptors (Lipinski definition) is 4. The highest BCUT2D eigenvalue weighted by Gasteiger charge is 2.07. The Balaban J connectivity index is 2.49. The summed E-state index contributed by atoms with van der Waals surface area (Å²) in [6.07, 6.45) is 0.0139. The van der Waals surface area contributed by atoms with Crippen LogP contribution < -0.4 is 11.1 Å². The van der Waals surface area contributed by atoms with Crippen molar-refractivity contribution in [3.8, 4) is 0 Å². The molecule has 6 heteroatoms. The third-order valence-electron chi connectivity index (χ3n) is 2.24. The highest BCUT2D eigenvalue weighted by Crippen LogP contribution is 2.26. The molecule has 0 bridgehead atoms. The average Bonchev–Trinajstić information content (AvgIpc) is 2.26.